The fourth-order valence-electron chi connectivity index (χ4n) is 3.19. The summed E-state index contributed by atoms with van der Waals surface area (Å²) in [7, 11) is 0. The van der Waals surface area contributed by atoms with Crippen molar-refractivity contribution in [3.05, 3.63) is 71.8 Å². The zero-order chi connectivity index (χ0) is 15.9. The quantitative estimate of drug-likeness (QED) is 0.832. The van der Waals surface area contributed by atoms with Crippen LogP contribution in [0.4, 0.5) is 0 Å². The zero-order valence-electron chi connectivity index (χ0n) is 13.8. The summed E-state index contributed by atoms with van der Waals surface area (Å²) in [6.45, 7) is 7.96. The smallest absolute Gasteiger partial charge is 0.0670 e. The van der Waals surface area contributed by atoms with Crippen LogP contribution in [0.1, 0.15) is 31.9 Å². The Morgan fingerprint density at radius 2 is 1.18 bits per heavy atom. The largest absolute Gasteiger partial charge is 0.392 e. The van der Waals surface area contributed by atoms with E-state index in [-0.39, 0.29) is 12.1 Å². The summed E-state index contributed by atoms with van der Waals surface area (Å²) in [5.41, 5.74) is 2.56. The molecule has 2 nitrogen and oxygen atoms in total. The van der Waals surface area contributed by atoms with Gasteiger partial charge in [-0.25, -0.2) is 0 Å². The van der Waals surface area contributed by atoms with E-state index in [9.17, 15) is 5.11 Å². The molecule has 0 aliphatic heterocycles. The van der Waals surface area contributed by atoms with E-state index in [2.05, 4.69) is 67.3 Å². The standard InChI is InChI=1S/C20H27NO/c1-16(2)20(17(3)22)21(14-18-10-6-4-7-11-18)15-19-12-8-5-9-13-19/h4-13,16-17,20,22H,14-15H2,1-3H3/t17-,20-/m0/s1. The van der Waals surface area contributed by atoms with E-state index in [0.717, 1.165) is 13.1 Å². The van der Waals surface area contributed by atoms with E-state index in [1.54, 1.807) is 0 Å². The van der Waals surface area contributed by atoms with Crippen molar-refractivity contribution < 1.29 is 5.11 Å². The summed E-state index contributed by atoms with van der Waals surface area (Å²) in [6.07, 6.45) is -0.354. The van der Waals surface area contributed by atoms with Crippen LogP contribution in [-0.2, 0) is 13.1 Å². The van der Waals surface area contributed by atoms with E-state index in [1.165, 1.54) is 11.1 Å². The van der Waals surface area contributed by atoms with Gasteiger partial charge in [0.15, 0.2) is 0 Å². The third-order valence-electron chi connectivity index (χ3n) is 4.06. The maximum absolute atomic E-state index is 10.3. The van der Waals surface area contributed by atoms with Crippen molar-refractivity contribution >= 4 is 0 Å². The van der Waals surface area contributed by atoms with Gasteiger partial charge in [0, 0.05) is 19.1 Å². The molecule has 0 saturated carbocycles. The van der Waals surface area contributed by atoms with Crippen LogP contribution in [0.5, 0.6) is 0 Å². The van der Waals surface area contributed by atoms with Crippen LogP contribution in [0, 0.1) is 5.92 Å². The molecule has 2 aromatic rings. The van der Waals surface area contributed by atoms with Gasteiger partial charge in [0.2, 0.25) is 0 Å². The molecule has 0 radical (unpaired) electrons. The van der Waals surface area contributed by atoms with Gasteiger partial charge >= 0.3 is 0 Å². The lowest BCUT2D eigenvalue weighted by molar-refractivity contribution is 0.0245. The minimum absolute atomic E-state index is 0.139. The molecule has 0 fully saturated rings. The van der Waals surface area contributed by atoms with Crippen LogP contribution in [0.15, 0.2) is 60.7 Å². The Balaban J connectivity index is 2.23. The third kappa shape index (κ3) is 4.69. The van der Waals surface area contributed by atoms with Crippen LogP contribution in [0.25, 0.3) is 0 Å². The van der Waals surface area contributed by atoms with Crippen molar-refractivity contribution in [1.82, 2.24) is 4.90 Å². The lowest BCUT2D eigenvalue weighted by Crippen LogP contribution is -2.45. The number of aliphatic hydroxyl groups is 1. The molecule has 2 heteroatoms. The number of nitrogens with zero attached hydrogens (tertiary/aromatic N) is 1. The molecule has 0 spiro atoms. The van der Waals surface area contributed by atoms with Crippen molar-refractivity contribution in [2.24, 2.45) is 5.92 Å². The second kappa shape index (κ2) is 8.11. The summed E-state index contributed by atoms with van der Waals surface area (Å²) in [5.74, 6) is 0.396. The number of benzene rings is 2. The van der Waals surface area contributed by atoms with Crippen molar-refractivity contribution in [3.63, 3.8) is 0 Å². The lowest BCUT2D eigenvalue weighted by atomic mass is 9.96. The molecular weight excluding hydrogens is 270 g/mol. The molecule has 0 aromatic heterocycles. The van der Waals surface area contributed by atoms with Crippen LogP contribution in [0.3, 0.4) is 0 Å². The summed E-state index contributed by atoms with van der Waals surface area (Å²) in [5, 5.41) is 10.3. The van der Waals surface area contributed by atoms with Gasteiger partial charge in [-0.05, 0) is 24.0 Å². The fourth-order valence-corrected chi connectivity index (χ4v) is 3.19. The Bertz CT molecular complexity index is 487. The molecule has 2 aromatic carbocycles. The maximum Gasteiger partial charge on any atom is 0.0670 e. The predicted octanol–water partition coefficient (Wildman–Crippen LogP) is 4.09. The highest BCUT2D eigenvalue weighted by Gasteiger charge is 2.26. The first-order valence-electron chi connectivity index (χ1n) is 8.08. The van der Waals surface area contributed by atoms with Gasteiger partial charge in [0.05, 0.1) is 6.10 Å². The summed E-state index contributed by atoms with van der Waals surface area (Å²) < 4.78 is 0. The van der Waals surface area contributed by atoms with E-state index in [1.807, 2.05) is 19.1 Å². The number of rotatable bonds is 7. The van der Waals surface area contributed by atoms with Crippen LogP contribution >= 0.6 is 0 Å². The predicted molar refractivity (Wildman–Crippen MR) is 92.4 cm³/mol. The average molecular weight is 297 g/mol. The molecular formula is C20H27NO. The highest BCUT2D eigenvalue weighted by Crippen LogP contribution is 2.21. The van der Waals surface area contributed by atoms with Crippen molar-refractivity contribution in [2.45, 2.75) is 46.0 Å². The Kier molecular flexibility index (Phi) is 6.17. The minimum atomic E-state index is -0.354. The van der Waals surface area contributed by atoms with Crippen LogP contribution < -0.4 is 0 Å². The van der Waals surface area contributed by atoms with Crippen molar-refractivity contribution in [3.8, 4) is 0 Å². The molecule has 118 valence electrons. The third-order valence-corrected chi connectivity index (χ3v) is 4.06. The fraction of sp³-hybridized carbons (Fsp3) is 0.400. The molecule has 0 saturated heterocycles. The van der Waals surface area contributed by atoms with E-state index >= 15 is 0 Å². The molecule has 0 heterocycles. The monoisotopic (exact) mass is 297 g/mol. The molecule has 0 aliphatic carbocycles. The van der Waals surface area contributed by atoms with Gasteiger partial charge in [-0.3, -0.25) is 4.90 Å². The SMILES string of the molecule is CC(C)[C@@H]([C@H](C)O)N(Cc1ccccc1)Cc1ccccc1. The first-order valence-corrected chi connectivity index (χ1v) is 8.08. The van der Waals surface area contributed by atoms with Crippen molar-refractivity contribution in [1.29, 1.82) is 0 Å². The summed E-state index contributed by atoms with van der Waals surface area (Å²) in [6, 6.07) is 21.1. The Labute approximate surface area is 134 Å². The first-order chi connectivity index (χ1) is 10.6. The number of hydrogen-bond acceptors (Lipinski definition) is 2. The topological polar surface area (TPSA) is 23.5 Å². The first kappa shape index (κ1) is 16.7. The number of aliphatic hydroxyl groups excluding tert-OH is 1. The van der Waals surface area contributed by atoms with Gasteiger partial charge < -0.3 is 5.11 Å². The van der Waals surface area contributed by atoms with E-state index in [0.29, 0.717) is 5.92 Å². The average Bonchev–Trinajstić information content (AvgIpc) is 2.48. The van der Waals surface area contributed by atoms with E-state index in [4.69, 9.17) is 0 Å². The lowest BCUT2D eigenvalue weighted by Gasteiger charge is -2.36. The Morgan fingerprint density at radius 1 is 0.773 bits per heavy atom. The maximum atomic E-state index is 10.3. The molecule has 1 N–H and O–H groups in total. The highest BCUT2D eigenvalue weighted by atomic mass is 16.3. The van der Waals surface area contributed by atoms with Gasteiger partial charge in [-0.1, -0.05) is 74.5 Å². The molecule has 0 amide bonds. The van der Waals surface area contributed by atoms with Crippen LogP contribution in [0.2, 0.25) is 0 Å². The second-order valence-electron chi connectivity index (χ2n) is 6.35. The number of hydrogen-bond donors (Lipinski definition) is 1. The van der Waals surface area contributed by atoms with Gasteiger partial charge in [-0.15, -0.1) is 0 Å². The second-order valence-corrected chi connectivity index (χ2v) is 6.35. The molecule has 22 heavy (non-hydrogen) atoms. The molecule has 0 aliphatic rings. The highest BCUT2D eigenvalue weighted by molar-refractivity contribution is 5.17. The molecule has 2 rings (SSSR count). The zero-order valence-corrected chi connectivity index (χ0v) is 13.8. The molecule has 0 bridgehead atoms. The Hall–Kier alpha value is -1.64. The van der Waals surface area contributed by atoms with Crippen LogP contribution in [-0.4, -0.2) is 22.2 Å². The normalized spacial score (nSPS) is 14.3. The van der Waals surface area contributed by atoms with Gasteiger partial charge in [0.1, 0.15) is 0 Å². The summed E-state index contributed by atoms with van der Waals surface area (Å²) in [4.78, 5) is 2.39. The van der Waals surface area contributed by atoms with Crippen molar-refractivity contribution in [2.75, 3.05) is 0 Å². The van der Waals surface area contributed by atoms with Gasteiger partial charge in [0.25, 0.3) is 0 Å². The van der Waals surface area contributed by atoms with E-state index < -0.39 is 0 Å². The minimum Gasteiger partial charge on any atom is -0.392 e. The molecule has 0 unspecified atom stereocenters. The Morgan fingerprint density at radius 3 is 1.50 bits per heavy atom. The summed E-state index contributed by atoms with van der Waals surface area (Å²) >= 11 is 0. The molecule has 2 atom stereocenters. The van der Waals surface area contributed by atoms with Gasteiger partial charge in [-0.2, -0.15) is 0 Å².